The number of hydrogen-bond donors (Lipinski definition) is 2. The van der Waals surface area contributed by atoms with Gasteiger partial charge >= 0.3 is 12.0 Å². The van der Waals surface area contributed by atoms with E-state index in [1.54, 1.807) is 24.3 Å². The highest BCUT2D eigenvalue weighted by molar-refractivity contribution is 6.30. The van der Waals surface area contributed by atoms with Crippen molar-refractivity contribution in [1.82, 2.24) is 4.90 Å². The molecule has 0 fully saturated rings. The number of carbonyl (C=O) groups excluding carboxylic acids is 1. The SMILES string of the molecule is C[C@@H](C(=O)O)N(Cc1ccc([N+](=O)[O-])cc1)C(=O)Nc1ccc(Cl)cc1. The van der Waals surface area contributed by atoms with Crippen LogP contribution >= 0.6 is 11.6 Å². The smallest absolute Gasteiger partial charge is 0.326 e. The topological polar surface area (TPSA) is 113 Å². The molecule has 2 aromatic carbocycles. The van der Waals surface area contributed by atoms with Crippen molar-refractivity contribution in [3.8, 4) is 0 Å². The van der Waals surface area contributed by atoms with Crippen molar-refractivity contribution in [2.45, 2.75) is 19.5 Å². The van der Waals surface area contributed by atoms with E-state index in [0.717, 1.165) is 4.90 Å². The summed E-state index contributed by atoms with van der Waals surface area (Å²) in [5.41, 5.74) is 0.942. The zero-order valence-corrected chi connectivity index (χ0v) is 14.5. The number of carboxylic acid groups (broad SMARTS) is 1. The lowest BCUT2D eigenvalue weighted by Crippen LogP contribution is -2.44. The maximum Gasteiger partial charge on any atom is 0.326 e. The van der Waals surface area contributed by atoms with Crippen LogP contribution in [0.25, 0.3) is 0 Å². The summed E-state index contributed by atoms with van der Waals surface area (Å²) in [6.45, 7) is 1.36. The number of anilines is 1. The van der Waals surface area contributed by atoms with Crippen molar-refractivity contribution in [1.29, 1.82) is 0 Å². The van der Waals surface area contributed by atoms with Crippen LogP contribution in [0.2, 0.25) is 5.02 Å². The minimum Gasteiger partial charge on any atom is -0.480 e. The number of amides is 2. The molecule has 0 aliphatic heterocycles. The summed E-state index contributed by atoms with van der Waals surface area (Å²) in [4.78, 5) is 35.2. The number of aliphatic carboxylic acids is 1. The molecule has 0 bridgehead atoms. The highest BCUT2D eigenvalue weighted by atomic mass is 35.5. The largest absolute Gasteiger partial charge is 0.480 e. The van der Waals surface area contributed by atoms with E-state index in [1.807, 2.05) is 0 Å². The van der Waals surface area contributed by atoms with Gasteiger partial charge in [-0.2, -0.15) is 0 Å². The van der Waals surface area contributed by atoms with Crippen molar-refractivity contribution in [3.63, 3.8) is 0 Å². The van der Waals surface area contributed by atoms with Gasteiger partial charge in [0.25, 0.3) is 5.69 Å². The van der Waals surface area contributed by atoms with Crippen molar-refractivity contribution in [2.24, 2.45) is 0 Å². The second-order valence-electron chi connectivity index (χ2n) is 5.50. The number of nitro benzene ring substituents is 1. The number of carboxylic acids is 1. The predicted molar refractivity (Wildman–Crippen MR) is 96.2 cm³/mol. The fourth-order valence-electron chi connectivity index (χ4n) is 2.17. The maximum absolute atomic E-state index is 12.5. The second-order valence-corrected chi connectivity index (χ2v) is 5.94. The van der Waals surface area contributed by atoms with Gasteiger partial charge in [-0.15, -0.1) is 0 Å². The van der Waals surface area contributed by atoms with Crippen molar-refractivity contribution >= 4 is 35.0 Å². The number of nitrogens with one attached hydrogen (secondary N) is 1. The van der Waals surface area contributed by atoms with Crippen LogP contribution in [0.1, 0.15) is 12.5 Å². The van der Waals surface area contributed by atoms with Crippen LogP contribution in [0.5, 0.6) is 0 Å². The van der Waals surface area contributed by atoms with E-state index in [2.05, 4.69) is 5.32 Å². The van der Waals surface area contributed by atoms with Gasteiger partial charge in [-0.25, -0.2) is 9.59 Å². The Morgan fingerprint density at radius 1 is 1.19 bits per heavy atom. The lowest BCUT2D eigenvalue weighted by atomic mass is 10.1. The summed E-state index contributed by atoms with van der Waals surface area (Å²) in [5.74, 6) is -1.17. The Kier molecular flexibility index (Phi) is 6.13. The number of nitro groups is 1. The standard InChI is InChI=1S/C17H16ClN3O5/c1-11(16(22)23)20(10-12-2-8-15(9-3-12)21(25)26)17(24)19-14-6-4-13(18)5-7-14/h2-9,11H,10H2,1H3,(H,19,24)(H,22,23)/t11-/m0/s1. The van der Waals surface area contributed by atoms with Gasteiger partial charge < -0.3 is 15.3 Å². The van der Waals surface area contributed by atoms with E-state index >= 15 is 0 Å². The van der Waals surface area contributed by atoms with Crippen molar-refractivity contribution in [3.05, 3.63) is 69.2 Å². The fourth-order valence-corrected chi connectivity index (χ4v) is 2.29. The summed E-state index contributed by atoms with van der Waals surface area (Å²) in [5, 5.41) is 23.1. The molecule has 8 nitrogen and oxygen atoms in total. The first-order valence-corrected chi connectivity index (χ1v) is 7.95. The number of halogens is 1. The summed E-state index contributed by atoms with van der Waals surface area (Å²) >= 11 is 5.80. The quantitative estimate of drug-likeness (QED) is 0.587. The molecule has 2 N–H and O–H groups in total. The zero-order chi connectivity index (χ0) is 19.3. The number of rotatable bonds is 6. The Morgan fingerprint density at radius 3 is 2.27 bits per heavy atom. The molecular formula is C17H16ClN3O5. The Morgan fingerprint density at radius 2 is 1.77 bits per heavy atom. The van der Waals surface area contributed by atoms with Crippen LogP contribution in [-0.4, -0.2) is 33.0 Å². The number of benzene rings is 2. The minimum absolute atomic E-state index is 0.0229. The lowest BCUT2D eigenvalue weighted by molar-refractivity contribution is -0.384. The number of non-ortho nitro benzene ring substituents is 1. The summed E-state index contributed by atoms with van der Waals surface area (Å²) in [6, 6.07) is 10.2. The highest BCUT2D eigenvalue weighted by Gasteiger charge is 2.26. The molecule has 0 aliphatic carbocycles. The molecule has 1 atom stereocenters. The van der Waals surface area contributed by atoms with Crippen LogP contribution < -0.4 is 5.32 Å². The molecular weight excluding hydrogens is 362 g/mol. The predicted octanol–water partition coefficient (Wildman–Crippen LogP) is 3.76. The molecule has 2 aromatic rings. The highest BCUT2D eigenvalue weighted by Crippen LogP contribution is 2.18. The van der Waals surface area contributed by atoms with E-state index in [4.69, 9.17) is 11.6 Å². The Balaban J connectivity index is 2.19. The molecule has 0 saturated heterocycles. The first-order valence-electron chi connectivity index (χ1n) is 7.57. The van der Waals surface area contributed by atoms with Crippen LogP contribution in [0.3, 0.4) is 0 Å². The van der Waals surface area contributed by atoms with Gasteiger partial charge in [-0.1, -0.05) is 23.7 Å². The maximum atomic E-state index is 12.5. The number of nitrogens with zero attached hydrogens (tertiary/aromatic N) is 2. The average Bonchev–Trinajstić information content (AvgIpc) is 2.61. The minimum atomic E-state index is -1.17. The third-order valence-electron chi connectivity index (χ3n) is 3.68. The third-order valence-corrected chi connectivity index (χ3v) is 3.93. The molecule has 0 heterocycles. The molecule has 9 heteroatoms. The molecule has 26 heavy (non-hydrogen) atoms. The number of urea groups is 1. The van der Waals surface area contributed by atoms with Crippen LogP contribution in [0, 0.1) is 10.1 Å². The van der Waals surface area contributed by atoms with Gasteiger partial charge in [-0.05, 0) is 36.8 Å². The molecule has 136 valence electrons. The molecule has 0 unspecified atom stereocenters. The van der Waals surface area contributed by atoms with Gasteiger partial charge in [0.1, 0.15) is 6.04 Å². The molecule has 0 aromatic heterocycles. The van der Waals surface area contributed by atoms with E-state index in [1.165, 1.54) is 31.2 Å². The normalized spacial score (nSPS) is 11.5. The summed E-state index contributed by atoms with van der Waals surface area (Å²) in [6.07, 6.45) is 0. The van der Waals surface area contributed by atoms with Gasteiger partial charge in [0.2, 0.25) is 0 Å². The Bertz CT molecular complexity index is 808. The van der Waals surface area contributed by atoms with Gasteiger partial charge in [0.15, 0.2) is 0 Å². The Labute approximate surface area is 154 Å². The Hall–Kier alpha value is -3.13. The van der Waals surface area contributed by atoms with E-state index in [0.29, 0.717) is 16.3 Å². The summed E-state index contributed by atoms with van der Waals surface area (Å²) < 4.78 is 0. The van der Waals surface area contributed by atoms with Gasteiger partial charge in [0.05, 0.1) is 4.92 Å². The van der Waals surface area contributed by atoms with Gasteiger partial charge in [-0.3, -0.25) is 10.1 Å². The summed E-state index contributed by atoms with van der Waals surface area (Å²) in [7, 11) is 0. The number of carbonyl (C=O) groups is 2. The lowest BCUT2D eigenvalue weighted by Gasteiger charge is -2.27. The van der Waals surface area contributed by atoms with Crippen molar-refractivity contribution in [2.75, 3.05) is 5.32 Å². The van der Waals surface area contributed by atoms with Gasteiger partial charge in [0, 0.05) is 29.4 Å². The van der Waals surface area contributed by atoms with E-state index in [9.17, 15) is 24.8 Å². The molecule has 2 rings (SSSR count). The molecule has 0 saturated carbocycles. The van der Waals surface area contributed by atoms with Crippen LogP contribution in [0.4, 0.5) is 16.2 Å². The third kappa shape index (κ3) is 4.93. The van der Waals surface area contributed by atoms with E-state index < -0.39 is 23.0 Å². The molecule has 0 radical (unpaired) electrons. The zero-order valence-electron chi connectivity index (χ0n) is 13.8. The first-order chi connectivity index (χ1) is 12.3. The van der Waals surface area contributed by atoms with Crippen LogP contribution in [0.15, 0.2) is 48.5 Å². The van der Waals surface area contributed by atoms with Crippen molar-refractivity contribution < 1.29 is 19.6 Å². The molecule has 2 amide bonds. The average molecular weight is 378 g/mol. The van der Waals surface area contributed by atoms with E-state index in [-0.39, 0.29) is 12.2 Å². The second kappa shape index (κ2) is 8.30. The monoisotopic (exact) mass is 377 g/mol. The van der Waals surface area contributed by atoms with Crippen LogP contribution in [-0.2, 0) is 11.3 Å². The first kappa shape index (κ1) is 19.2. The molecule has 0 aliphatic rings. The molecule has 0 spiro atoms. The number of hydrogen-bond acceptors (Lipinski definition) is 4. The fraction of sp³-hybridized carbons (Fsp3) is 0.176.